The van der Waals surface area contributed by atoms with Crippen LogP contribution in [0.5, 0.6) is 0 Å². The van der Waals surface area contributed by atoms with Gasteiger partial charge in [0.15, 0.2) is 0 Å². The van der Waals surface area contributed by atoms with E-state index in [9.17, 15) is 9.59 Å². The number of benzene rings is 2. The Labute approximate surface area is 127 Å². The van der Waals surface area contributed by atoms with Crippen LogP contribution in [0, 0.1) is 6.92 Å². The number of aromatic nitrogens is 2. The van der Waals surface area contributed by atoms with Gasteiger partial charge in [0, 0.05) is 0 Å². The van der Waals surface area contributed by atoms with Crippen LogP contribution in [-0.4, -0.2) is 30.1 Å². The van der Waals surface area contributed by atoms with Crippen molar-refractivity contribution in [1.29, 1.82) is 0 Å². The first-order valence-electron chi connectivity index (χ1n) is 6.42. The molecule has 0 saturated heterocycles. The van der Waals surface area contributed by atoms with Crippen LogP contribution in [-0.2, 0) is 0 Å². The van der Waals surface area contributed by atoms with Crippen molar-refractivity contribution < 1.29 is 4.79 Å². The van der Waals surface area contributed by atoms with Gasteiger partial charge in [-0.3, -0.25) is 0 Å². The molecule has 4 nitrogen and oxygen atoms in total. The van der Waals surface area contributed by atoms with Gasteiger partial charge in [0.1, 0.15) is 0 Å². The second-order valence-corrected chi connectivity index (χ2v) is 6.59. The topological polar surface area (TPSA) is 52.0 Å². The van der Waals surface area contributed by atoms with E-state index in [0.29, 0.717) is 15.8 Å². The summed E-state index contributed by atoms with van der Waals surface area (Å²) in [5.74, 6) is -0.165. The molecule has 0 aliphatic carbocycles. The third kappa shape index (κ3) is 2.79. The van der Waals surface area contributed by atoms with Crippen LogP contribution in [0.4, 0.5) is 0 Å². The van der Waals surface area contributed by atoms with E-state index >= 15 is 0 Å². The fourth-order valence-electron chi connectivity index (χ4n) is 1.93. The summed E-state index contributed by atoms with van der Waals surface area (Å²) in [6, 6.07) is 16.5. The van der Waals surface area contributed by atoms with Gasteiger partial charge in [-0.25, -0.2) is 0 Å². The number of carbonyl (C=O) groups excluding carboxylic acids is 1. The van der Waals surface area contributed by atoms with Crippen molar-refractivity contribution >= 4 is 20.3 Å². The minimum absolute atomic E-state index is 0.121. The molecule has 3 aromatic rings. The molecule has 21 heavy (non-hydrogen) atoms. The molecule has 5 heteroatoms. The molecule has 1 aromatic heterocycles. The molecule has 0 amide bonds. The van der Waals surface area contributed by atoms with Gasteiger partial charge in [-0.1, -0.05) is 0 Å². The Kier molecular flexibility index (Phi) is 3.69. The Hall–Kier alpha value is -2.23. The van der Waals surface area contributed by atoms with E-state index < -0.39 is 14.5 Å². The fraction of sp³-hybridized carbons (Fsp3) is 0.0625. The average Bonchev–Trinajstić information content (AvgIpc) is 2.90. The van der Waals surface area contributed by atoms with Crippen molar-refractivity contribution in [3.05, 3.63) is 79.5 Å². The Balaban J connectivity index is 1.99. The van der Waals surface area contributed by atoms with Crippen LogP contribution in [0.1, 0.15) is 20.5 Å². The van der Waals surface area contributed by atoms with E-state index in [-0.39, 0.29) is 10.2 Å². The molecule has 1 heterocycles. The van der Waals surface area contributed by atoms with E-state index in [4.69, 9.17) is 0 Å². The van der Waals surface area contributed by atoms with Gasteiger partial charge in [-0.2, -0.15) is 0 Å². The van der Waals surface area contributed by atoms with Crippen LogP contribution in [0.25, 0.3) is 5.69 Å². The molecule has 2 aromatic carbocycles. The summed E-state index contributed by atoms with van der Waals surface area (Å²) in [6.07, 6.45) is 0. The third-order valence-corrected chi connectivity index (χ3v) is 4.75. The number of ketones is 1. The number of rotatable bonds is 3. The molecule has 0 fully saturated rings. The molecular formula is C16H12N2O2Se. The molecule has 0 radical (unpaired) electrons. The predicted octanol–water partition coefficient (Wildman–Crippen LogP) is 1.83. The number of nitrogens with zero attached hydrogens (tertiary/aromatic N) is 2. The van der Waals surface area contributed by atoms with E-state index in [1.165, 1.54) is 4.68 Å². The molecule has 0 bridgehead atoms. The molecule has 0 N–H and O–H groups in total. The summed E-state index contributed by atoms with van der Waals surface area (Å²) in [6.45, 7) is 1.96. The standard InChI is InChI=1S/C16H12N2O2Se/c1-11-7-9-12(10-8-11)14(19)15-17-18(16(20)21-15)13-5-3-2-4-6-13/h2-10H,1H3. The zero-order valence-electron chi connectivity index (χ0n) is 11.3. The van der Waals surface area contributed by atoms with Gasteiger partial charge < -0.3 is 0 Å². The number of hydrogen-bond donors (Lipinski definition) is 0. The Morgan fingerprint density at radius 1 is 1.05 bits per heavy atom. The summed E-state index contributed by atoms with van der Waals surface area (Å²) < 4.78 is 1.55. The molecular weight excluding hydrogens is 331 g/mol. The molecule has 0 aliphatic heterocycles. The normalized spacial score (nSPS) is 10.5. The third-order valence-electron chi connectivity index (χ3n) is 3.06. The SMILES string of the molecule is Cc1ccc(C(=O)c2nn(-c3ccccc3)c(=O)[se]2)cc1. The number of aryl methyl sites for hydroxylation is 1. The van der Waals surface area contributed by atoms with Crippen molar-refractivity contribution in [3.8, 4) is 5.69 Å². The first-order valence-corrected chi connectivity index (χ1v) is 8.13. The predicted molar refractivity (Wildman–Crippen MR) is 81.4 cm³/mol. The first kappa shape index (κ1) is 13.7. The Bertz CT molecular complexity index is 833. The first-order chi connectivity index (χ1) is 10.1. The van der Waals surface area contributed by atoms with Gasteiger partial charge >= 0.3 is 127 Å². The summed E-state index contributed by atoms with van der Waals surface area (Å²) >= 11 is -0.572. The van der Waals surface area contributed by atoms with Crippen LogP contribution in [0.15, 0.2) is 59.4 Å². The van der Waals surface area contributed by atoms with E-state index in [1.807, 2.05) is 37.3 Å². The molecule has 0 unspecified atom stereocenters. The number of hydrogen-bond acceptors (Lipinski definition) is 3. The van der Waals surface area contributed by atoms with Crippen LogP contribution in [0.3, 0.4) is 0 Å². The maximum absolute atomic E-state index is 12.4. The molecule has 0 atom stereocenters. The van der Waals surface area contributed by atoms with E-state index in [0.717, 1.165) is 5.56 Å². The van der Waals surface area contributed by atoms with Crippen LogP contribution in [0.2, 0.25) is 0 Å². The zero-order valence-corrected chi connectivity index (χ0v) is 13.0. The van der Waals surface area contributed by atoms with Crippen molar-refractivity contribution in [3.63, 3.8) is 0 Å². The number of para-hydroxylation sites is 1. The summed E-state index contributed by atoms with van der Waals surface area (Å²) in [4.78, 5) is 24.4. The second-order valence-electron chi connectivity index (χ2n) is 4.62. The average molecular weight is 343 g/mol. The van der Waals surface area contributed by atoms with E-state index in [1.54, 1.807) is 24.3 Å². The van der Waals surface area contributed by atoms with Crippen molar-refractivity contribution in [2.24, 2.45) is 0 Å². The van der Waals surface area contributed by atoms with Crippen LogP contribution < -0.4 is 4.43 Å². The fourth-order valence-corrected chi connectivity index (χ4v) is 3.46. The molecule has 0 saturated carbocycles. The Morgan fingerprint density at radius 2 is 1.71 bits per heavy atom. The van der Waals surface area contributed by atoms with Gasteiger partial charge in [0.2, 0.25) is 0 Å². The van der Waals surface area contributed by atoms with Crippen molar-refractivity contribution in [1.82, 2.24) is 9.78 Å². The van der Waals surface area contributed by atoms with Gasteiger partial charge in [0.25, 0.3) is 0 Å². The summed E-state index contributed by atoms with van der Waals surface area (Å²) in [7, 11) is 0. The quantitative estimate of drug-likeness (QED) is 0.539. The maximum atomic E-state index is 12.4. The molecule has 104 valence electrons. The summed E-state index contributed by atoms with van der Waals surface area (Å²) in [5, 5.41) is 4.22. The Morgan fingerprint density at radius 3 is 2.38 bits per heavy atom. The van der Waals surface area contributed by atoms with Gasteiger partial charge in [-0.05, 0) is 0 Å². The zero-order chi connectivity index (χ0) is 14.8. The van der Waals surface area contributed by atoms with Crippen molar-refractivity contribution in [2.45, 2.75) is 6.92 Å². The summed E-state index contributed by atoms with van der Waals surface area (Å²) in [5.41, 5.74) is 2.35. The molecule has 0 aliphatic rings. The molecule has 0 spiro atoms. The van der Waals surface area contributed by atoms with Gasteiger partial charge in [0.05, 0.1) is 0 Å². The van der Waals surface area contributed by atoms with Crippen LogP contribution >= 0.6 is 0 Å². The minimum atomic E-state index is -0.572. The number of carbonyl (C=O) groups is 1. The second kappa shape index (κ2) is 5.64. The molecule has 3 rings (SSSR count). The van der Waals surface area contributed by atoms with Crippen molar-refractivity contribution in [2.75, 3.05) is 0 Å². The van der Waals surface area contributed by atoms with Gasteiger partial charge in [-0.15, -0.1) is 0 Å². The monoisotopic (exact) mass is 344 g/mol. The van der Waals surface area contributed by atoms with E-state index in [2.05, 4.69) is 5.10 Å².